The van der Waals surface area contributed by atoms with Crippen molar-refractivity contribution in [2.75, 3.05) is 52.3 Å². The van der Waals surface area contributed by atoms with Crippen molar-refractivity contribution in [3.8, 4) is 28.3 Å². The number of alkyl halides is 2. The minimum Gasteiger partial charge on any atom is -0.481 e. The van der Waals surface area contributed by atoms with Gasteiger partial charge in [0.2, 0.25) is 12.3 Å². The first-order valence-corrected chi connectivity index (χ1v) is 18.8. The molecule has 4 heterocycles. The summed E-state index contributed by atoms with van der Waals surface area (Å²) in [5.41, 5.74) is 5.81. The number of benzene rings is 2. The van der Waals surface area contributed by atoms with Crippen molar-refractivity contribution in [2.45, 2.75) is 45.1 Å². The molecule has 7 rings (SSSR count). The number of fused-ring (bicyclic) bond motifs is 2. The smallest absolute Gasteiger partial charge is 0.280 e. The van der Waals surface area contributed by atoms with Crippen LogP contribution in [0.1, 0.15) is 54.1 Å². The van der Waals surface area contributed by atoms with Crippen molar-refractivity contribution < 1.29 is 23.0 Å². The molecule has 1 saturated heterocycles. The van der Waals surface area contributed by atoms with E-state index >= 15 is 0 Å². The predicted octanol–water partition coefficient (Wildman–Crippen LogP) is 7.51. The number of hydrogen-bond acceptors (Lipinski definition) is 9. The van der Waals surface area contributed by atoms with Gasteiger partial charge >= 0.3 is 0 Å². The fourth-order valence-electron chi connectivity index (χ4n) is 8.00. The third-order valence-corrected chi connectivity index (χ3v) is 11.4. The number of aryl methyl sites for hydroxylation is 2. The number of rotatable bonds is 14. The van der Waals surface area contributed by atoms with Crippen LogP contribution in [0, 0.1) is 12.8 Å². The van der Waals surface area contributed by atoms with Crippen LogP contribution in [0.2, 0.25) is 5.02 Å². The molecule has 0 saturated carbocycles. The number of nitrogens with zero attached hydrogens (tertiary/aromatic N) is 6. The summed E-state index contributed by atoms with van der Waals surface area (Å²) in [7, 11) is 4.80. The molecule has 1 aliphatic carbocycles. The van der Waals surface area contributed by atoms with E-state index in [-0.39, 0.29) is 22.6 Å². The van der Waals surface area contributed by atoms with E-state index < -0.39 is 17.7 Å². The van der Waals surface area contributed by atoms with Gasteiger partial charge in [-0.15, -0.1) is 0 Å². The van der Waals surface area contributed by atoms with Crippen LogP contribution < -0.4 is 15.6 Å². The molecule has 0 radical (unpaired) electrons. The highest BCUT2D eigenvalue weighted by molar-refractivity contribution is 6.36. The van der Waals surface area contributed by atoms with Crippen LogP contribution in [0.5, 0.6) is 5.88 Å². The van der Waals surface area contributed by atoms with E-state index in [0.717, 1.165) is 84.2 Å². The third kappa shape index (κ3) is 7.65. The van der Waals surface area contributed by atoms with Gasteiger partial charge in [-0.1, -0.05) is 41.9 Å². The van der Waals surface area contributed by atoms with Gasteiger partial charge in [0.15, 0.2) is 0 Å². The lowest BCUT2D eigenvalue weighted by atomic mass is 9.96. The molecule has 1 fully saturated rings. The summed E-state index contributed by atoms with van der Waals surface area (Å²) < 4.78 is 40.0. The van der Waals surface area contributed by atoms with Gasteiger partial charge in [-0.25, -0.2) is 23.4 Å². The van der Waals surface area contributed by atoms with Crippen LogP contribution in [0.25, 0.3) is 33.2 Å². The molecule has 0 bridgehead atoms. The Balaban J connectivity index is 1.16. The van der Waals surface area contributed by atoms with Crippen LogP contribution in [-0.4, -0.2) is 83.0 Å². The Hall–Kier alpha value is -4.98. The Bertz CT molecular complexity index is 2290. The zero-order valence-electron chi connectivity index (χ0n) is 31.3. The second-order valence-electron chi connectivity index (χ2n) is 14.2. The topological polar surface area (TPSA) is 115 Å². The van der Waals surface area contributed by atoms with E-state index in [1.807, 2.05) is 37.3 Å². The molecule has 1 aliphatic heterocycles. The minimum absolute atomic E-state index is 0.0237. The monoisotopic (exact) mass is 771 g/mol. The Morgan fingerprint density at radius 1 is 1.07 bits per heavy atom. The highest BCUT2D eigenvalue weighted by Gasteiger charge is 2.36. The maximum Gasteiger partial charge on any atom is 0.280 e. The summed E-state index contributed by atoms with van der Waals surface area (Å²) in [6, 6.07) is 14.9. The molecule has 55 heavy (non-hydrogen) atoms. The number of pyridine rings is 2. The molecule has 3 aromatic heterocycles. The standard InChI is InChI=1S/C41H44ClF2N7O4/c1-24-28(7-6-10-31(24)46-39-36-27(20-33(47-39)38(43)44)21-45-49(2)41(36)53)29-8-5-9-30(37(29)42)32-19-26-11-12-34(35(26)40(48-32)55-4)51-16-14-25(22-51)13-15-50(23-52)17-18-54-3/h5-10,19-21,23,25,34,38H,11-18,22H2,1-4H3,(H,46,47). The fourth-order valence-corrected chi connectivity index (χ4v) is 8.33. The molecule has 2 aliphatic rings. The number of halogens is 3. The van der Waals surface area contributed by atoms with Crippen LogP contribution in [0.3, 0.4) is 0 Å². The molecule has 11 nitrogen and oxygen atoms in total. The van der Waals surface area contributed by atoms with E-state index in [0.29, 0.717) is 41.4 Å². The Kier molecular flexibility index (Phi) is 11.4. The van der Waals surface area contributed by atoms with Crippen molar-refractivity contribution in [1.82, 2.24) is 29.5 Å². The van der Waals surface area contributed by atoms with E-state index in [1.165, 1.54) is 24.9 Å². The average Bonchev–Trinajstić information content (AvgIpc) is 3.84. The summed E-state index contributed by atoms with van der Waals surface area (Å²) in [6.07, 6.45) is 3.35. The van der Waals surface area contributed by atoms with Gasteiger partial charge in [0.1, 0.15) is 11.5 Å². The van der Waals surface area contributed by atoms with Gasteiger partial charge in [0.25, 0.3) is 12.0 Å². The van der Waals surface area contributed by atoms with Crippen molar-refractivity contribution in [3.05, 3.63) is 92.5 Å². The third-order valence-electron chi connectivity index (χ3n) is 11.0. The highest BCUT2D eigenvalue weighted by Crippen LogP contribution is 2.46. The number of aromatic nitrogens is 4. The number of amides is 1. The number of methoxy groups -OCH3 is 2. The van der Waals surface area contributed by atoms with E-state index in [1.54, 1.807) is 25.2 Å². The maximum absolute atomic E-state index is 13.9. The van der Waals surface area contributed by atoms with Gasteiger partial charge in [-0.2, -0.15) is 5.10 Å². The lowest BCUT2D eigenvalue weighted by molar-refractivity contribution is -0.118. The first-order valence-electron chi connectivity index (χ1n) is 18.4. The highest BCUT2D eigenvalue weighted by atomic mass is 35.5. The van der Waals surface area contributed by atoms with Gasteiger partial charge in [0, 0.05) is 67.6 Å². The normalized spacial score (nSPS) is 16.9. The Morgan fingerprint density at radius 3 is 2.62 bits per heavy atom. The summed E-state index contributed by atoms with van der Waals surface area (Å²) in [4.78, 5) is 38.1. The second-order valence-corrected chi connectivity index (χ2v) is 14.6. The quantitative estimate of drug-likeness (QED) is 0.115. The van der Waals surface area contributed by atoms with Crippen molar-refractivity contribution in [3.63, 3.8) is 0 Å². The lowest BCUT2D eigenvalue weighted by Gasteiger charge is -2.26. The van der Waals surface area contributed by atoms with Crippen LogP contribution in [-0.2, 0) is 23.0 Å². The van der Waals surface area contributed by atoms with Gasteiger partial charge in [-0.3, -0.25) is 14.5 Å². The number of anilines is 2. The number of nitrogens with one attached hydrogen (secondary N) is 1. The molecular formula is C41H44ClF2N7O4. The first kappa shape index (κ1) is 38.3. The largest absolute Gasteiger partial charge is 0.481 e. The molecule has 288 valence electrons. The van der Waals surface area contributed by atoms with Crippen molar-refractivity contribution >= 4 is 40.3 Å². The maximum atomic E-state index is 13.9. The molecule has 2 aromatic carbocycles. The molecule has 1 N–H and O–H groups in total. The van der Waals surface area contributed by atoms with Crippen LogP contribution in [0.4, 0.5) is 20.3 Å². The predicted molar refractivity (Wildman–Crippen MR) is 209 cm³/mol. The minimum atomic E-state index is -2.84. The average molecular weight is 772 g/mol. The van der Waals surface area contributed by atoms with E-state index in [4.69, 9.17) is 26.1 Å². The van der Waals surface area contributed by atoms with Crippen LogP contribution in [0.15, 0.2) is 59.5 Å². The first-order chi connectivity index (χ1) is 26.6. The molecule has 1 amide bonds. The molecule has 14 heteroatoms. The molecule has 2 atom stereocenters. The number of likely N-dealkylation sites (tertiary alicyclic amines) is 1. The van der Waals surface area contributed by atoms with Crippen molar-refractivity contribution in [2.24, 2.45) is 13.0 Å². The number of carbonyl (C=O) groups is 1. The fraction of sp³-hybridized carbons (Fsp3) is 0.390. The second kappa shape index (κ2) is 16.4. The molecule has 5 aromatic rings. The summed E-state index contributed by atoms with van der Waals surface area (Å²) in [5, 5.41) is 8.11. The van der Waals surface area contributed by atoms with Gasteiger partial charge in [-0.05, 0) is 80.0 Å². The van der Waals surface area contributed by atoms with Crippen LogP contribution >= 0.6 is 11.6 Å². The number of ether oxygens (including phenoxy) is 2. The van der Waals surface area contributed by atoms with Crippen molar-refractivity contribution in [1.29, 1.82) is 0 Å². The van der Waals surface area contributed by atoms with E-state index in [2.05, 4.69) is 26.4 Å². The number of carbonyl (C=O) groups excluding carboxylic acids is 1. The zero-order chi connectivity index (χ0) is 38.8. The summed E-state index contributed by atoms with van der Waals surface area (Å²) in [6.45, 7) is 5.71. The van der Waals surface area contributed by atoms with Gasteiger partial charge < -0.3 is 19.7 Å². The van der Waals surface area contributed by atoms with E-state index in [9.17, 15) is 18.4 Å². The SMILES string of the molecule is COCCN(C=O)CCC1CCN(C2CCc3cc(-c4cccc(-c5cccc(Nc6nc(C(F)F)cc7cnn(C)c(=O)c67)c5C)c4Cl)nc(OC)c32)C1. The molecular weight excluding hydrogens is 728 g/mol. The molecule has 0 spiro atoms. The Morgan fingerprint density at radius 2 is 1.85 bits per heavy atom. The lowest BCUT2D eigenvalue weighted by Crippen LogP contribution is -2.29. The summed E-state index contributed by atoms with van der Waals surface area (Å²) >= 11 is 7.23. The van der Waals surface area contributed by atoms with Gasteiger partial charge in [0.05, 0.1) is 36.0 Å². The molecule has 2 unspecified atom stereocenters. The zero-order valence-corrected chi connectivity index (χ0v) is 32.1. The Labute approximate surface area is 323 Å². The summed E-state index contributed by atoms with van der Waals surface area (Å²) in [5.74, 6) is 1.13. The number of hydrogen-bond donors (Lipinski definition) is 1.